The van der Waals surface area contributed by atoms with Crippen LogP contribution >= 0.6 is 38.5 Å². The van der Waals surface area contributed by atoms with Crippen molar-refractivity contribution in [1.82, 2.24) is 10.3 Å². The van der Waals surface area contributed by atoms with Crippen LogP contribution in [0.5, 0.6) is 0 Å². The summed E-state index contributed by atoms with van der Waals surface area (Å²) in [7, 11) is 2.00. The van der Waals surface area contributed by atoms with Gasteiger partial charge in [0.2, 0.25) is 0 Å². The largest absolute Gasteiger partial charge is 0.309 e. The van der Waals surface area contributed by atoms with Crippen LogP contribution in [0.1, 0.15) is 17.2 Å². The van der Waals surface area contributed by atoms with Gasteiger partial charge in [0.1, 0.15) is 0 Å². The number of hydrogen-bond acceptors (Lipinski definition) is 2. The summed E-state index contributed by atoms with van der Waals surface area (Å²) in [5.74, 6) is 0. The molecule has 1 unspecified atom stereocenters. The smallest absolute Gasteiger partial charge is 0.0702 e. The van der Waals surface area contributed by atoms with Crippen LogP contribution in [-0.4, -0.2) is 12.0 Å². The molecule has 0 radical (unpaired) electrons. The highest BCUT2D eigenvalue weighted by Gasteiger charge is 2.15. The molecule has 0 amide bonds. The Morgan fingerprint density at radius 3 is 2.81 bits per heavy atom. The van der Waals surface area contributed by atoms with Gasteiger partial charge in [-0.2, -0.15) is 0 Å². The fourth-order valence-electron chi connectivity index (χ4n) is 2.51. The molecule has 0 saturated carbocycles. The molecule has 2 nitrogen and oxygen atoms in total. The molecule has 0 fully saturated rings. The maximum Gasteiger partial charge on any atom is 0.0702 e. The van der Waals surface area contributed by atoms with E-state index in [2.05, 4.69) is 91.3 Å². The van der Waals surface area contributed by atoms with E-state index in [1.165, 1.54) is 20.1 Å². The molecular formula is C17H14BrIN2. The van der Waals surface area contributed by atoms with Gasteiger partial charge in [-0.15, -0.1) is 0 Å². The zero-order chi connectivity index (χ0) is 14.8. The third-order valence-corrected chi connectivity index (χ3v) is 4.99. The zero-order valence-electron chi connectivity index (χ0n) is 11.5. The van der Waals surface area contributed by atoms with Crippen LogP contribution in [0.25, 0.3) is 10.9 Å². The Morgan fingerprint density at radius 1 is 1.14 bits per heavy atom. The van der Waals surface area contributed by atoms with E-state index in [-0.39, 0.29) is 6.04 Å². The van der Waals surface area contributed by atoms with Crippen molar-refractivity contribution >= 4 is 49.4 Å². The molecule has 0 spiro atoms. The molecule has 106 valence electrons. The highest BCUT2D eigenvalue weighted by atomic mass is 127. The number of pyridine rings is 1. The standard InChI is InChI=1S/C17H14BrIN2/c1-20-17(14-10-13(18)5-6-15(14)19)12-4-7-16-11(9-12)3-2-8-21-16/h2-10,17,20H,1H3. The lowest BCUT2D eigenvalue weighted by molar-refractivity contribution is 0.689. The zero-order valence-corrected chi connectivity index (χ0v) is 15.2. The maximum atomic E-state index is 4.38. The average molecular weight is 453 g/mol. The molecule has 2 aromatic carbocycles. The van der Waals surface area contributed by atoms with Crippen molar-refractivity contribution in [3.63, 3.8) is 0 Å². The van der Waals surface area contributed by atoms with Crippen molar-refractivity contribution in [2.24, 2.45) is 0 Å². The molecule has 0 aliphatic rings. The summed E-state index contributed by atoms with van der Waals surface area (Å²) >= 11 is 5.95. The Bertz CT molecular complexity index is 789. The minimum atomic E-state index is 0.166. The SMILES string of the molecule is CNC(c1ccc2ncccc2c1)c1cc(Br)ccc1I. The summed E-state index contributed by atoms with van der Waals surface area (Å²) < 4.78 is 2.35. The predicted octanol–water partition coefficient (Wildman–Crippen LogP) is 4.91. The van der Waals surface area contributed by atoms with Crippen LogP contribution in [0.4, 0.5) is 0 Å². The highest BCUT2D eigenvalue weighted by Crippen LogP contribution is 2.30. The quantitative estimate of drug-likeness (QED) is 0.571. The third-order valence-electron chi connectivity index (χ3n) is 3.52. The van der Waals surface area contributed by atoms with E-state index in [9.17, 15) is 0 Å². The van der Waals surface area contributed by atoms with Crippen LogP contribution in [-0.2, 0) is 0 Å². The molecule has 1 N–H and O–H groups in total. The number of aromatic nitrogens is 1. The number of halogens is 2. The van der Waals surface area contributed by atoms with Crippen LogP contribution in [0.2, 0.25) is 0 Å². The average Bonchev–Trinajstić information content (AvgIpc) is 2.51. The van der Waals surface area contributed by atoms with Gasteiger partial charge in [0, 0.05) is 19.6 Å². The fourth-order valence-corrected chi connectivity index (χ4v) is 3.54. The Labute approximate surface area is 146 Å². The van der Waals surface area contributed by atoms with Gasteiger partial charge < -0.3 is 5.32 Å². The number of nitrogens with zero attached hydrogens (tertiary/aromatic N) is 1. The third kappa shape index (κ3) is 3.12. The molecule has 1 aromatic heterocycles. The van der Waals surface area contributed by atoms with E-state index in [1.54, 1.807) is 0 Å². The second-order valence-corrected chi connectivity index (χ2v) is 6.92. The Balaban J connectivity index is 2.11. The fraction of sp³-hybridized carbons (Fsp3) is 0.118. The number of fused-ring (bicyclic) bond motifs is 1. The van der Waals surface area contributed by atoms with Crippen LogP contribution in [0.3, 0.4) is 0 Å². The first kappa shape index (κ1) is 14.9. The van der Waals surface area contributed by atoms with E-state index in [0.717, 1.165) is 9.99 Å². The van der Waals surface area contributed by atoms with Gasteiger partial charge in [-0.1, -0.05) is 28.1 Å². The molecule has 3 rings (SSSR count). The van der Waals surface area contributed by atoms with Gasteiger partial charge in [0.15, 0.2) is 0 Å². The van der Waals surface area contributed by atoms with Crippen molar-refractivity contribution in [2.45, 2.75) is 6.04 Å². The van der Waals surface area contributed by atoms with Gasteiger partial charge in [-0.3, -0.25) is 4.98 Å². The normalized spacial score (nSPS) is 12.5. The molecule has 0 saturated heterocycles. The summed E-state index contributed by atoms with van der Waals surface area (Å²) in [6, 6.07) is 17.1. The molecule has 1 heterocycles. The lowest BCUT2D eigenvalue weighted by atomic mass is 9.97. The summed E-state index contributed by atoms with van der Waals surface area (Å²) in [6.45, 7) is 0. The lowest BCUT2D eigenvalue weighted by Crippen LogP contribution is -2.18. The first-order valence-corrected chi connectivity index (χ1v) is 8.53. The van der Waals surface area contributed by atoms with E-state index in [1.807, 2.05) is 19.3 Å². The predicted molar refractivity (Wildman–Crippen MR) is 99.5 cm³/mol. The van der Waals surface area contributed by atoms with Crippen molar-refractivity contribution in [2.75, 3.05) is 7.05 Å². The molecule has 3 aromatic rings. The van der Waals surface area contributed by atoms with E-state index in [4.69, 9.17) is 0 Å². The van der Waals surface area contributed by atoms with E-state index >= 15 is 0 Å². The highest BCUT2D eigenvalue weighted by molar-refractivity contribution is 14.1. The van der Waals surface area contributed by atoms with Crippen LogP contribution in [0, 0.1) is 3.57 Å². The van der Waals surface area contributed by atoms with Crippen molar-refractivity contribution in [3.05, 3.63) is 73.9 Å². The number of rotatable bonds is 3. The van der Waals surface area contributed by atoms with E-state index in [0.29, 0.717) is 0 Å². The molecule has 0 aliphatic carbocycles. The molecule has 1 atom stereocenters. The maximum absolute atomic E-state index is 4.38. The van der Waals surface area contributed by atoms with Crippen LogP contribution < -0.4 is 5.32 Å². The minimum absolute atomic E-state index is 0.166. The topological polar surface area (TPSA) is 24.9 Å². The summed E-state index contributed by atoms with van der Waals surface area (Å²) in [6.07, 6.45) is 1.83. The van der Waals surface area contributed by atoms with Crippen molar-refractivity contribution in [3.8, 4) is 0 Å². The van der Waals surface area contributed by atoms with Crippen LogP contribution in [0.15, 0.2) is 59.2 Å². The van der Waals surface area contributed by atoms with Crippen molar-refractivity contribution in [1.29, 1.82) is 0 Å². The first-order valence-electron chi connectivity index (χ1n) is 6.66. The molecular weight excluding hydrogens is 439 g/mol. The Morgan fingerprint density at radius 2 is 2.00 bits per heavy atom. The monoisotopic (exact) mass is 452 g/mol. The summed E-state index contributed by atoms with van der Waals surface area (Å²) in [4.78, 5) is 4.38. The van der Waals surface area contributed by atoms with Gasteiger partial charge in [0.05, 0.1) is 11.6 Å². The number of nitrogens with one attached hydrogen (secondary N) is 1. The first-order chi connectivity index (χ1) is 10.2. The van der Waals surface area contributed by atoms with Gasteiger partial charge in [0.25, 0.3) is 0 Å². The molecule has 0 aliphatic heterocycles. The number of benzene rings is 2. The Hall–Kier alpha value is -0.980. The van der Waals surface area contributed by atoms with Gasteiger partial charge >= 0.3 is 0 Å². The molecule has 4 heteroatoms. The van der Waals surface area contributed by atoms with Gasteiger partial charge in [-0.25, -0.2) is 0 Å². The molecule has 0 bridgehead atoms. The molecule has 21 heavy (non-hydrogen) atoms. The Kier molecular flexibility index (Phi) is 4.57. The lowest BCUT2D eigenvalue weighted by Gasteiger charge is -2.19. The number of hydrogen-bond donors (Lipinski definition) is 1. The minimum Gasteiger partial charge on any atom is -0.309 e. The van der Waals surface area contributed by atoms with Crippen molar-refractivity contribution < 1.29 is 0 Å². The second-order valence-electron chi connectivity index (χ2n) is 4.84. The van der Waals surface area contributed by atoms with E-state index < -0.39 is 0 Å². The van der Waals surface area contributed by atoms with Gasteiger partial charge in [-0.05, 0) is 77.2 Å². The summed E-state index contributed by atoms with van der Waals surface area (Å²) in [5.41, 5.74) is 3.55. The summed E-state index contributed by atoms with van der Waals surface area (Å²) in [5, 5.41) is 4.59. The second kappa shape index (κ2) is 6.42.